The molecule has 0 amide bonds. The first-order chi connectivity index (χ1) is 10.5. The van der Waals surface area contributed by atoms with E-state index >= 15 is 0 Å². The van der Waals surface area contributed by atoms with E-state index in [0.29, 0.717) is 5.75 Å². The van der Waals surface area contributed by atoms with E-state index < -0.39 is 17.3 Å². The number of rotatable bonds is 6. The number of ether oxygens (including phenoxy) is 1. The van der Waals surface area contributed by atoms with Crippen molar-refractivity contribution in [3.05, 3.63) is 58.6 Å². The lowest BCUT2D eigenvalue weighted by Gasteiger charge is -2.21. The van der Waals surface area contributed by atoms with Crippen LogP contribution in [0, 0.1) is 0 Å². The molecule has 0 aliphatic carbocycles. The fourth-order valence-corrected chi connectivity index (χ4v) is 3.63. The summed E-state index contributed by atoms with van der Waals surface area (Å²) in [6.45, 7) is 0. The predicted octanol–water partition coefficient (Wildman–Crippen LogP) is 3.74. The van der Waals surface area contributed by atoms with Crippen LogP contribution in [0.3, 0.4) is 0 Å². The minimum absolute atomic E-state index is 0.623. The number of aliphatic hydroxyl groups excluding tert-OH is 1. The lowest BCUT2D eigenvalue weighted by molar-refractivity contribution is -0.146. The van der Waals surface area contributed by atoms with E-state index in [1.807, 2.05) is 24.3 Å². The Bertz CT molecular complexity index is 645. The van der Waals surface area contributed by atoms with Crippen molar-refractivity contribution in [1.82, 2.24) is 0 Å². The molecule has 6 heteroatoms. The Hall–Kier alpha value is -1.50. The van der Waals surface area contributed by atoms with Gasteiger partial charge in [-0.2, -0.15) is 0 Å². The number of thioether (sulfide) groups is 1. The predicted molar refractivity (Wildman–Crippen MR) is 89.4 cm³/mol. The lowest BCUT2D eigenvalue weighted by atomic mass is 10.1. The molecule has 0 saturated heterocycles. The molecule has 2 rings (SSSR count). The summed E-state index contributed by atoms with van der Waals surface area (Å²) in [5.74, 6) is -0.571. The van der Waals surface area contributed by atoms with Gasteiger partial charge in [-0.3, -0.25) is 0 Å². The number of hydrogen-bond donors (Lipinski definition) is 2. The maximum atomic E-state index is 11.2. The summed E-state index contributed by atoms with van der Waals surface area (Å²) in [7, 11) is 1.56. The van der Waals surface area contributed by atoms with Gasteiger partial charge in [-0.15, -0.1) is 11.8 Å². The highest BCUT2D eigenvalue weighted by Crippen LogP contribution is 2.41. The topological polar surface area (TPSA) is 66.8 Å². The minimum atomic E-state index is -1.51. The van der Waals surface area contributed by atoms with Crippen LogP contribution < -0.4 is 4.74 Å². The molecule has 0 fully saturated rings. The van der Waals surface area contributed by atoms with Crippen molar-refractivity contribution >= 4 is 33.7 Å². The second-order valence-corrected chi connectivity index (χ2v) is 6.56. The quantitative estimate of drug-likeness (QED) is 0.744. The van der Waals surface area contributed by atoms with Crippen LogP contribution in [0.5, 0.6) is 5.75 Å². The lowest BCUT2D eigenvalue weighted by Crippen LogP contribution is -2.25. The number of carboxylic acids is 1. The third-order valence-electron chi connectivity index (χ3n) is 3.07. The molecule has 0 aliphatic heterocycles. The Morgan fingerprint density at radius 3 is 2.36 bits per heavy atom. The van der Waals surface area contributed by atoms with Gasteiger partial charge in [0, 0.05) is 9.37 Å². The van der Waals surface area contributed by atoms with Gasteiger partial charge < -0.3 is 14.9 Å². The average Bonchev–Trinajstić information content (AvgIpc) is 2.53. The number of methoxy groups -OCH3 is 1. The van der Waals surface area contributed by atoms with Gasteiger partial charge in [0.25, 0.3) is 0 Å². The molecule has 0 aliphatic rings. The summed E-state index contributed by atoms with van der Waals surface area (Å²) < 4.78 is 5.96. The first-order valence-corrected chi connectivity index (χ1v) is 8.16. The van der Waals surface area contributed by atoms with E-state index in [-0.39, 0.29) is 0 Å². The molecule has 0 heterocycles. The van der Waals surface area contributed by atoms with Gasteiger partial charge >= 0.3 is 5.97 Å². The second kappa shape index (κ2) is 7.67. The molecule has 0 saturated carbocycles. The van der Waals surface area contributed by atoms with E-state index in [4.69, 9.17) is 9.84 Å². The molecular weight excluding hydrogens is 368 g/mol. The standard InChI is InChI=1S/C16H15BrO4S/c1-21-11-8-6-10(7-9-11)15(14(18)16(19)20)22-13-5-3-2-4-12(13)17/h2-9,14-15,18H,1H3,(H,19,20)/t14-,15+/m0/s1. The summed E-state index contributed by atoms with van der Waals surface area (Å²) in [6.07, 6.45) is -1.51. The zero-order valence-corrected chi connectivity index (χ0v) is 14.2. The average molecular weight is 383 g/mol. The van der Waals surface area contributed by atoms with Crippen LogP contribution in [0.25, 0.3) is 0 Å². The summed E-state index contributed by atoms with van der Waals surface area (Å²) >= 11 is 4.74. The van der Waals surface area contributed by atoms with E-state index in [1.165, 1.54) is 11.8 Å². The summed E-state index contributed by atoms with van der Waals surface area (Å²) in [5.41, 5.74) is 0.719. The van der Waals surface area contributed by atoms with Crippen molar-refractivity contribution in [2.24, 2.45) is 0 Å². The highest BCUT2D eigenvalue weighted by atomic mass is 79.9. The molecule has 0 aromatic heterocycles. The number of halogens is 1. The molecule has 4 nitrogen and oxygen atoms in total. The number of carbonyl (C=O) groups is 1. The van der Waals surface area contributed by atoms with Crippen LogP contribution in [0.4, 0.5) is 0 Å². The number of aliphatic carboxylic acids is 1. The molecule has 0 radical (unpaired) electrons. The maximum absolute atomic E-state index is 11.2. The third-order valence-corrected chi connectivity index (χ3v) is 5.42. The summed E-state index contributed by atoms with van der Waals surface area (Å²) in [6, 6.07) is 14.5. The number of benzene rings is 2. The van der Waals surface area contributed by atoms with Gasteiger partial charge in [-0.05, 0) is 45.8 Å². The molecule has 2 aromatic rings. The minimum Gasteiger partial charge on any atom is -0.497 e. The van der Waals surface area contributed by atoms with E-state index in [2.05, 4.69) is 15.9 Å². The van der Waals surface area contributed by atoms with Crippen molar-refractivity contribution in [3.8, 4) is 5.75 Å². The van der Waals surface area contributed by atoms with Crippen molar-refractivity contribution in [1.29, 1.82) is 0 Å². The maximum Gasteiger partial charge on any atom is 0.334 e. The van der Waals surface area contributed by atoms with Crippen molar-refractivity contribution in [2.75, 3.05) is 7.11 Å². The molecular formula is C16H15BrO4S. The van der Waals surface area contributed by atoms with Gasteiger partial charge in [-0.1, -0.05) is 24.3 Å². The number of carboxylic acid groups (broad SMARTS) is 1. The number of hydrogen-bond acceptors (Lipinski definition) is 4. The van der Waals surface area contributed by atoms with Crippen LogP contribution in [0.1, 0.15) is 10.8 Å². The van der Waals surface area contributed by atoms with Crippen LogP contribution >= 0.6 is 27.7 Å². The summed E-state index contributed by atoms with van der Waals surface area (Å²) in [4.78, 5) is 12.1. The fraction of sp³-hybridized carbons (Fsp3) is 0.188. The van der Waals surface area contributed by atoms with Crippen molar-refractivity contribution in [3.63, 3.8) is 0 Å². The molecule has 2 aromatic carbocycles. The van der Waals surface area contributed by atoms with Gasteiger partial charge in [0.15, 0.2) is 6.10 Å². The van der Waals surface area contributed by atoms with E-state index in [9.17, 15) is 9.90 Å². The fourth-order valence-electron chi connectivity index (χ4n) is 1.91. The highest BCUT2D eigenvalue weighted by molar-refractivity contribution is 9.10. The molecule has 2 atom stereocenters. The Labute approximate surface area is 141 Å². The van der Waals surface area contributed by atoms with Crippen LogP contribution in [-0.2, 0) is 4.79 Å². The molecule has 0 unspecified atom stereocenters. The van der Waals surface area contributed by atoms with Crippen LogP contribution in [0.2, 0.25) is 0 Å². The first kappa shape index (κ1) is 16.9. The Balaban J connectivity index is 2.33. The van der Waals surface area contributed by atoms with Crippen molar-refractivity contribution < 1.29 is 19.7 Å². The molecule has 0 spiro atoms. The second-order valence-electron chi connectivity index (χ2n) is 4.53. The van der Waals surface area contributed by atoms with Crippen LogP contribution in [0.15, 0.2) is 57.9 Å². The Kier molecular flexibility index (Phi) is 5.88. The smallest absolute Gasteiger partial charge is 0.334 e. The first-order valence-electron chi connectivity index (χ1n) is 6.49. The van der Waals surface area contributed by atoms with Gasteiger partial charge in [0.1, 0.15) is 5.75 Å². The zero-order valence-electron chi connectivity index (χ0n) is 11.8. The molecule has 22 heavy (non-hydrogen) atoms. The highest BCUT2D eigenvalue weighted by Gasteiger charge is 2.28. The zero-order chi connectivity index (χ0) is 16.1. The van der Waals surface area contributed by atoms with Crippen LogP contribution in [-0.4, -0.2) is 29.4 Å². The largest absolute Gasteiger partial charge is 0.497 e. The van der Waals surface area contributed by atoms with Crippen molar-refractivity contribution in [2.45, 2.75) is 16.2 Å². The van der Waals surface area contributed by atoms with E-state index in [1.54, 1.807) is 31.4 Å². The van der Waals surface area contributed by atoms with Gasteiger partial charge in [0.2, 0.25) is 0 Å². The Morgan fingerprint density at radius 1 is 1.18 bits per heavy atom. The SMILES string of the molecule is COc1ccc([C@@H](Sc2ccccc2Br)[C@H](O)C(=O)O)cc1. The molecule has 0 bridgehead atoms. The van der Waals surface area contributed by atoms with Gasteiger partial charge in [-0.25, -0.2) is 4.79 Å². The number of aliphatic hydroxyl groups is 1. The molecule has 2 N–H and O–H groups in total. The van der Waals surface area contributed by atoms with Gasteiger partial charge in [0.05, 0.1) is 12.4 Å². The third kappa shape index (κ3) is 4.03. The normalized spacial score (nSPS) is 13.4. The molecule has 116 valence electrons. The van der Waals surface area contributed by atoms with E-state index in [0.717, 1.165) is 14.9 Å². The Morgan fingerprint density at radius 2 is 1.82 bits per heavy atom. The monoisotopic (exact) mass is 382 g/mol. The summed E-state index contributed by atoms with van der Waals surface area (Å²) in [5, 5.41) is 18.6.